The van der Waals surface area contributed by atoms with E-state index in [9.17, 15) is 4.39 Å². The zero-order chi connectivity index (χ0) is 13.0. The van der Waals surface area contributed by atoms with E-state index in [1.807, 2.05) is 0 Å². The highest BCUT2D eigenvalue weighted by atomic mass is 35.5. The maximum atomic E-state index is 13.0. The molecular weight excluding hydrogens is 249 g/mol. The lowest BCUT2D eigenvalue weighted by Crippen LogP contribution is -2.31. The molecule has 1 aromatic carbocycles. The molecule has 1 saturated carbocycles. The van der Waals surface area contributed by atoms with Gasteiger partial charge >= 0.3 is 0 Å². The van der Waals surface area contributed by atoms with Gasteiger partial charge in [-0.15, -0.1) is 0 Å². The fraction of sp³-hybridized carbons (Fsp3) is 0.600. The van der Waals surface area contributed by atoms with Crippen LogP contribution in [0.4, 0.5) is 4.39 Å². The molecule has 0 amide bonds. The Morgan fingerprint density at radius 3 is 2.67 bits per heavy atom. The van der Waals surface area contributed by atoms with E-state index >= 15 is 0 Å². The molecule has 1 nitrogen and oxygen atoms in total. The normalized spacial score (nSPS) is 18.2. The molecular formula is C15H21ClFN. The molecule has 0 aliphatic heterocycles. The van der Waals surface area contributed by atoms with Crippen molar-refractivity contribution in [3.63, 3.8) is 0 Å². The third-order valence-electron chi connectivity index (χ3n) is 4.23. The second kappa shape index (κ2) is 6.03. The summed E-state index contributed by atoms with van der Waals surface area (Å²) in [6.45, 7) is 4.10. The summed E-state index contributed by atoms with van der Waals surface area (Å²) in [5.41, 5.74) is 1.54. The van der Waals surface area contributed by atoms with E-state index in [1.54, 1.807) is 12.1 Å². The first-order chi connectivity index (χ1) is 8.65. The standard InChI is InChI=1S/C15H21ClFN/c1-2-15(7-3-4-8-15)11-18-10-12-5-6-14(17)13(16)9-12/h5-6,9,18H,2-4,7-8,10-11H2,1H3. The fourth-order valence-electron chi connectivity index (χ4n) is 2.90. The molecule has 0 unspecified atom stereocenters. The lowest BCUT2D eigenvalue weighted by Gasteiger charge is -2.27. The van der Waals surface area contributed by atoms with Gasteiger partial charge in [-0.1, -0.05) is 37.4 Å². The summed E-state index contributed by atoms with van der Waals surface area (Å²) in [5.74, 6) is -0.346. The summed E-state index contributed by atoms with van der Waals surface area (Å²) in [6, 6.07) is 4.93. The maximum Gasteiger partial charge on any atom is 0.141 e. The minimum atomic E-state index is -0.346. The number of hydrogen-bond acceptors (Lipinski definition) is 1. The summed E-state index contributed by atoms with van der Waals surface area (Å²) in [7, 11) is 0. The van der Waals surface area contributed by atoms with Crippen molar-refractivity contribution in [2.75, 3.05) is 6.54 Å². The topological polar surface area (TPSA) is 12.0 Å². The van der Waals surface area contributed by atoms with Crippen molar-refractivity contribution in [2.24, 2.45) is 5.41 Å². The fourth-order valence-corrected chi connectivity index (χ4v) is 3.11. The van der Waals surface area contributed by atoms with Crippen molar-refractivity contribution in [1.82, 2.24) is 5.32 Å². The largest absolute Gasteiger partial charge is 0.312 e. The van der Waals surface area contributed by atoms with Gasteiger partial charge in [0.25, 0.3) is 0 Å². The quantitative estimate of drug-likeness (QED) is 0.828. The molecule has 0 atom stereocenters. The second-order valence-corrected chi connectivity index (χ2v) is 5.82. The van der Waals surface area contributed by atoms with Gasteiger partial charge in [-0.2, -0.15) is 0 Å². The molecule has 1 aliphatic rings. The van der Waals surface area contributed by atoms with Gasteiger partial charge in [0, 0.05) is 13.1 Å². The van der Waals surface area contributed by atoms with Crippen molar-refractivity contribution in [2.45, 2.75) is 45.6 Å². The Morgan fingerprint density at radius 1 is 1.33 bits per heavy atom. The van der Waals surface area contributed by atoms with E-state index in [2.05, 4.69) is 12.2 Å². The summed E-state index contributed by atoms with van der Waals surface area (Å²) >= 11 is 5.77. The number of benzene rings is 1. The van der Waals surface area contributed by atoms with E-state index in [4.69, 9.17) is 11.6 Å². The van der Waals surface area contributed by atoms with Crippen LogP contribution in [0.5, 0.6) is 0 Å². The zero-order valence-electron chi connectivity index (χ0n) is 10.9. The van der Waals surface area contributed by atoms with Gasteiger partial charge in [0.05, 0.1) is 5.02 Å². The van der Waals surface area contributed by atoms with Crippen LogP contribution in [0.2, 0.25) is 5.02 Å². The van der Waals surface area contributed by atoms with Gasteiger partial charge in [0.1, 0.15) is 5.82 Å². The smallest absolute Gasteiger partial charge is 0.141 e. The number of rotatable bonds is 5. The lowest BCUT2D eigenvalue weighted by atomic mass is 9.83. The third-order valence-corrected chi connectivity index (χ3v) is 4.52. The van der Waals surface area contributed by atoms with Gasteiger partial charge in [0.2, 0.25) is 0 Å². The number of nitrogens with one attached hydrogen (secondary N) is 1. The van der Waals surface area contributed by atoms with Gasteiger partial charge in [-0.3, -0.25) is 0 Å². The Kier molecular flexibility index (Phi) is 4.63. The average Bonchev–Trinajstić information content (AvgIpc) is 2.83. The van der Waals surface area contributed by atoms with Crippen LogP contribution in [-0.4, -0.2) is 6.54 Å². The van der Waals surface area contributed by atoms with Crippen molar-refractivity contribution in [3.8, 4) is 0 Å². The Morgan fingerprint density at radius 2 is 2.06 bits per heavy atom. The van der Waals surface area contributed by atoms with E-state index in [0.717, 1.165) is 18.7 Å². The summed E-state index contributed by atoms with van der Waals surface area (Å²) in [6.07, 6.45) is 6.63. The highest BCUT2D eigenvalue weighted by Crippen LogP contribution is 2.40. The van der Waals surface area contributed by atoms with Crippen molar-refractivity contribution < 1.29 is 4.39 Å². The van der Waals surface area contributed by atoms with Crippen molar-refractivity contribution in [3.05, 3.63) is 34.6 Å². The molecule has 1 aliphatic carbocycles. The van der Waals surface area contributed by atoms with E-state index in [1.165, 1.54) is 38.2 Å². The second-order valence-electron chi connectivity index (χ2n) is 5.41. The molecule has 18 heavy (non-hydrogen) atoms. The van der Waals surface area contributed by atoms with Crippen LogP contribution < -0.4 is 5.32 Å². The van der Waals surface area contributed by atoms with Crippen LogP contribution in [0.25, 0.3) is 0 Å². The molecule has 1 fully saturated rings. The van der Waals surface area contributed by atoms with E-state index < -0.39 is 0 Å². The minimum Gasteiger partial charge on any atom is -0.312 e. The molecule has 0 saturated heterocycles. The van der Waals surface area contributed by atoms with Gasteiger partial charge in [-0.25, -0.2) is 4.39 Å². The predicted molar refractivity (Wildman–Crippen MR) is 74.3 cm³/mol. The molecule has 2 rings (SSSR count). The number of halogens is 2. The van der Waals surface area contributed by atoms with Gasteiger partial charge < -0.3 is 5.32 Å². The molecule has 0 heterocycles. The molecule has 0 spiro atoms. The Labute approximate surface area is 114 Å². The van der Waals surface area contributed by atoms with Gasteiger partial charge in [0.15, 0.2) is 0 Å². The van der Waals surface area contributed by atoms with Crippen molar-refractivity contribution >= 4 is 11.6 Å². The predicted octanol–water partition coefficient (Wildman–Crippen LogP) is 4.54. The zero-order valence-corrected chi connectivity index (χ0v) is 11.7. The molecule has 0 radical (unpaired) electrons. The van der Waals surface area contributed by atoms with Crippen LogP contribution in [0, 0.1) is 11.2 Å². The molecule has 0 aromatic heterocycles. The Balaban J connectivity index is 1.86. The highest BCUT2D eigenvalue weighted by molar-refractivity contribution is 6.30. The molecule has 3 heteroatoms. The molecule has 1 aromatic rings. The van der Waals surface area contributed by atoms with Crippen LogP contribution in [0.3, 0.4) is 0 Å². The minimum absolute atomic E-state index is 0.209. The van der Waals surface area contributed by atoms with Crippen LogP contribution in [-0.2, 0) is 6.54 Å². The van der Waals surface area contributed by atoms with Crippen LogP contribution >= 0.6 is 11.6 Å². The Bertz CT molecular complexity index is 399. The van der Waals surface area contributed by atoms with E-state index in [0.29, 0.717) is 5.41 Å². The summed E-state index contributed by atoms with van der Waals surface area (Å²) in [5, 5.41) is 3.71. The average molecular weight is 270 g/mol. The SMILES string of the molecule is CCC1(CNCc2ccc(F)c(Cl)c2)CCCC1. The molecule has 0 bridgehead atoms. The highest BCUT2D eigenvalue weighted by Gasteiger charge is 2.31. The summed E-state index contributed by atoms with van der Waals surface area (Å²) < 4.78 is 13.0. The third kappa shape index (κ3) is 3.24. The summed E-state index contributed by atoms with van der Waals surface area (Å²) in [4.78, 5) is 0. The first-order valence-corrected chi connectivity index (χ1v) is 7.18. The van der Waals surface area contributed by atoms with Crippen LogP contribution in [0.15, 0.2) is 18.2 Å². The molecule has 1 N–H and O–H groups in total. The Hall–Kier alpha value is -0.600. The maximum absolute atomic E-state index is 13.0. The molecule has 100 valence electrons. The number of hydrogen-bond donors (Lipinski definition) is 1. The lowest BCUT2D eigenvalue weighted by molar-refractivity contribution is 0.268. The van der Waals surface area contributed by atoms with Gasteiger partial charge in [-0.05, 0) is 42.4 Å². The van der Waals surface area contributed by atoms with Crippen LogP contribution in [0.1, 0.15) is 44.6 Å². The monoisotopic (exact) mass is 269 g/mol. The van der Waals surface area contributed by atoms with Crippen molar-refractivity contribution in [1.29, 1.82) is 0 Å². The van der Waals surface area contributed by atoms with E-state index in [-0.39, 0.29) is 10.8 Å². The first kappa shape index (κ1) is 13.8. The first-order valence-electron chi connectivity index (χ1n) is 6.80.